The van der Waals surface area contributed by atoms with E-state index in [4.69, 9.17) is 37.7 Å². The highest BCUT2D eigenvalue weighted by molar-refractivity contribution is 7.07. The molecule has 1 aromatic heterocycles. The second kappa shape index (κ2) is 13.9. The maximum absolute atomic E-state index is 14.3. The fraction of sp³-hybridized carbons (Fsp3) is 0.139. The van der Waals surface area contributed by atoms with Crippen molar-refractivity contribution in [1.82, 2.24) is 4.57 Å². The van der Waals surface area contributed by atoms with Crippen molar-refractivity contribution in [2.24, 2.45) is 4.99 Å². The first kappa shape index (κ1) is 32.1. The molecule has 0 radical (unpaired) electrons. The summed E-state index contributed by atoms with van der Waals surface area (Å²) in [6.07, 6.45) is 1.71. The second-order valence-electron chi connectivity index (χ2n) is 10.7. The number of hydrogen-bond donors (Lipinski definition) is 2. The van der Waals surface area contributed by atoms with Gasteiger partial charge in [-0.3, -0.25) is 14.2 Å². The average Bonchev–Trinajstić information content (AvgIpc) is 3.35. The smallest absolute Gasteiger partial charge is 0.271 e. The van der Waals surface area contributed by atoms with E-state index in [9.17, 15) is 14.7 Å². The van der Waals surface area contributed by atoms with Crippen LogP contribution in [0.25, 0.3) is 6.08 Å². The van der Waals surface area contributed by atoms with Crippen LogP contribution >= 0.6 is 34.5 Å². The Kier molecular flexibility index (Phi) is 9.49. The van der Waals surface area contributed by atoms with Gasteiger partial charge in [0.05, 0.1) is 28.5 Å². The van der Waals surface area contributed by atoms with E-state index in [2.05, 4.69) is 5.32 Å². The Morgan fingerprint density at radius 3 is 2.53 bits per heavy atom. The number of nitrogens with zero attached hydrogens (tertiary/aromatic N) is 2. The molecular formula is C36H29Cl2N3O5S. The number of anilines is 1. The third-order valence-corrected chi connectivity index (χ3v) is 8.89. The molecule has 1 atom stereocenters. The summed E-state index contributed by atoms with van der Waals surface area (Å²) in [5.41, 5.74) is 3.03. The Morgan fingerprint density at radius 1 is 0.979 bits per heavy atom. The lowest BCUT2D eigenvalue weighted by atomic mass is 9.94. The number of nitrogens with one attached hydrogen (secondary N) is 1. The molecule has 11 heteroatoms. The zero-order valence-electron chi connectivity index (χ0n) is 25.4. The zero-order valence-corrected chi connectivity index (χ0v) is 27.7. The topological polar surface area (TPSA) is 102 Å². The summed E-state index contributed by atoms with van der Waals surface area (Å²) in [6, 6.07) is 25.6. The molecular weight excluding hydrogens is 657 g/mol. The molecule has 47 heavy (non-hydrogen) atoms. The number of fused-ring (bicyclic) bond motifs is 1. The van der Waals surface area contributed by atoms with Crippen LogP contribution in [0.4, 0.5) is 5.69 Å². The molecule has 238 valence electrons. The van der Waals surface area contributed by atoms with Crippen molar-refractivity contribution >= 4 is 52.2 Å². The van der Waals surface area contributed by atoms with Crippen LogP contribution in [0.1, 0.15) is 36.6 Å². The number of aromatic hydroxyl groups is 1. The molecule has 2 heterocycles. The van der Waals surface area contributed by atoms with Crippen LogP contribution in [0.2, 0.25) is 10.0 Å². The molecule has 0 saturated heterocycles. The van der Waals surface area contributed by atoms with Crippen LogP contribution in [0.3, 0.4) is 0 Å². The van der Waals surface area contributed by atoms with Crippen molar-refractivity contribution in [3.05, 3.63) is 149 Å². The first-order valence-corrected chi connectivity index (χ1v) is 16.3. The summed E-state index contributed by atoms with van der Waals surface area (Å²) in [6.45, 7) is 4.12. The van der Waals surface area contributed by atoms with Gasteiger partial charge in [0.2, 0.25) is 0 Å². The number of aromatic nitrogens is 1. The number of ether oxygens (including phenoxy) is 2. The number of halogens is 2. The van der Waals surface area contributed by atoms with E-state index in [1.807, 2.05) is 36.4 Å². The van der Waals surface area contributed by atoms with Crippen LogP contribution in [0.15, 0.2) is 112 Å². The number of phenols is 1. The number of benzene rings is 4. The molecule has 0 saturated carbocycles. The first-order chi connectivity index (χ1) is 22.7. The zero-order chi connectivity index (χ0) is 33.1. The molecule has 0 unspecified atom stereocenters. The van der Waals surface area contributed by atoms with Gasteiger partial charge in [-0.2, -0.15) is 0 Å². The Balaban J connectivity index is 1.47. The summed E-state index contributed by atoms with van der Waals surface area (Å²) >= 11 is 13.7. The van der Waals surface area contributed by atoms with Crippen LogP contribution in [0, 0.1) is 0 Å². The van der Waals surface area contributed by atoms with E-state index in [0.717, 1.165) is 5.56 Å². The van der Waals surface area contributed by atoms with Gasteiger partial charge < -0.3 is 19.9 Å². The predicted molar refractivity (Wildman–Crippen MR) is 185 cm³/mol. The lowest BCUT2D eigenvalue weighted by Crippen LogP contribution is -2.40. The summed E-state index contributed by atoms with van der Waals surface area (Å²) in [5, 5.41) is 14.5. The molecule has 5 aromatic rings. The molecule has 1 amide bonds. The van der Waals surface area contributed by atoms with Crippen molar-refractivity contribution in [1.29, 1.82) is 0 Å². The Hall–Kier alpha value is -4.83. The Bertz CT molecular complexity index is 2190. The predicted octanol–water partition coefficient (Wildman–Crippen LogP) is 6.86. The first-order valence-electron chi connectivity index (χ1n) is 14.7. The maximum Gasteiger partial charge on any atom is 0.271 e. The van der Waals surface area contributed by atoms with Crippen LogP contribution in [-0.2, 0) is 11.4 Å². The molecule has 0 aliphatic carbocycles. The van der Waals surface area contributed by atoms with E-state index < -0.39 is 11.9 Å². The number of allylic oxidation sites excluding steroid dienone is 1. The summed E-state index contributed by atoms with van der Waals surface area (Å²) in [4.78, 5) is 33.3. The van der Waals surface area contributed by atoms with Crippen molar-refractivity contribution in [2.45, 2.75) is 26.5 Å². The van der Waals surface area contributed by atoms with E-state index >= 15 is 0 Å². The van der Waals surface area contributed by atoms with Crippen molar-refractivity contribution < 1.29 is 19.4 Å². The molecule has 0 spiro atoms. The van der Waals surface area contributed by atoms with Gasteiger partial charge in [0, 0.05) is 21.3 Å². The normalized spacial score (nSPS) is 14.4. The molecule has 6 rings (SSSR count). The lowest BCUT2D eigenvalue weighted by Gasteiger charge is -2.26. The van der Waals surface area contributed by atoms with Crippen LogP contribution in [0.5, 0.6) is 17.2 Å². The fourth-order valence-corrected chi connectivity index (χ4v) is 6.74. The monoisotopic (exact) mass is 685 g/mol. The Labute approximate surface area is 284 Å². The van der Waals surface area contributed by atoms with Crippen LogP contribution < -0.4 is 29.7 Å². The third-order valence-electron chi connectivity index (χ3n) is 7.44. The largest absolute Gasteiger partial charge is 0.504 e. The molecule has 8 nitrogen and oxygen atoms in total. The van der Waals surface area contributed by atoms with Gasteiger partial charge in [-0.1, -0.05) is 70.9 Å². The van der Waals surface area contributed by atoms with E-state index in [1.165, 1.54) is 22.0 Å². The highest BCUT2D eigenvalue weighted by Crippen LogP contribution is 2.36. The van der Waals surface area contributed by atoms with Gasteiger partial charge in [-0.15, -0.1) is 0 Å². The number of carbonyl (C=O) groups is 1. The number of rotatable bonds is 9. The highest BCUT2D eigenvalue weighted by atomic mass is 35.5. The minimum atomic E-state index is -0.866. The van der Waals surface area contributed by atoms with Crippen LogP contribution in [-0.4, -0.2) is 22.2 Å². The van der Waals surface area contributed by atoms with E-state index in [1.54, 1.807) is 68.5 Å². The molecule has 0 fully saturated rings. The van der Waals surface area contributed by atoms with Gasteiger partial charge in [0.1, 0.15) is 12.4 Å². The van der Waals surface area contributed by atoms with Gasteiger partial charge in [0.15, 0.2) is 16.3 Å². The quantitative estimate of drug-likeness (QED) is 0.176. The number of hydrogen-bond acceptors (Lipinski definition) is 7. The van der Waals surface area contributed by atoms with Crippen molar-refractivity contribution in [3.63, 3.8) is 0 Å². The minimum Gasteiger partial charge on any atom is -0.504 e. The number of para-hydroxylation sites is 1. The van der Waals surface area contributed by atoms with Gasteiger partial charge in [0.25, 0.3) is 11.5 Å². The SMILES string of the molecule is CCOc1cc([C@@H]2C(C(=O)Nc3ccccc3)=C(C)N=c3s/c(=C\c4cc(Cl)ccc4OCc4cccc(Cl)c4)c(=O)n32)ccc1O. The molecule has 0 bridgehead atoms. The minimum absolute atomic E-state index is 0.0507. The molecule has 1 aliphatic heterocycles. The highest BCUT2D eigenvalue weighted by Gasteiger charge is 2.33. The number of thiazole rings is 1. The van der Waals surface area contributed by atoms with E-state index in [0.29, 0.717) is 54.2 Å². The average molecular weight is 687 g/mol. The number of phenolic OH excluding ortho intramolecular Hbond substituents is 1. The van der Waals surface area contributed by atoms with Crippen molar-refractivity contribution in [2.75, 3.05) is 11.9 Å². The van der Waals surface area contributed by atoms with Crippen molar-refractivity contribution in [3.8, 4) is 17.2 Å². The van der Waals surface area contributed by atoms with Gasteiger partial charge in [-0.05, 0) is 85.6 Å². The molecule has 2 N–H and O–H groups in total. The summed E-state index contributed by atoms with van der Waals surface area (Å²) < 4.78 is 13.7. The summed E-state index contributed by atoms with van der Waals surface area (Å²) in [7, 11) is 0. The molecule has 1 aliphatic rings. The standard InChI is InChI=1S/C36H29Cl2N3O5S/c1-3-45-30-18-23(12-14-28(30)42)33-32(34(43)40-27-10-5-4-6-11-27)21(2)39-36-41(33)35(44)31(47-36)19-24-17-26(38)13-15-29(24)46-20-22-8-7-9-25(37)16-22/h4-19,33,42H,3,20H2,1-2H3,(H,40,43)/b31-19-/t33-/m1/s1. The molecule has 4 aromatic carbocycles. The summed E-state index contributed by atoms with van der Waals surface area (Å²) in [5.74, 6) is 0.306. The fourth-order valence-electron chi connectivity index (χ4n) is 5.31. The van der Waals surface area contributed by atoms with Gasteiger partial charge in [-0.25, -0.2) is 4.99 Å². The van der Waals surface area contributed by atoms with E-state index in [-0.39, 0.29) is 29.2 Å². The third kappa shape index (κ3) is 6.97. The van der Waals surface area contributed by atoms with Gasteiger partial charge >= 0.3 is 0 Å². The lowest BCUT2D eigenvalue weighted by molar-refractivity contribution is -0.113. The number of carbonyl (C=O) groups excluding carboxylic acids is 1. The maximum atomic E-state index is 14.3. The number of amides is 1. The second-order valence-corrected chi connectivity index (χ2v) is 12.5. The Morgan fingerprint density at radius 2 is 1.77 bits per heavy atom.